The van der Waals surface area contributed by atoms with E-state index < -0.39 is 0 Å². The molecule has 1 aromatic heterocycles. The summed E-state index contributed by atoms with van der Waals surface area (Å²) >= 11 is 1.48. The second-order valence-electron chi connectivity index (χ2n) is 2.67. The molecule has 1 aromatic carbocycles. The maximum absolute atomic E-state index is 10.7. The summed E-state index contributed by atoms with van der Waals surface area (Å²) in [4.78, 5) is 15.0. The fourth-order valence-corrected chi connectivity index (χ4v) is 1.99. The molecule has 1 N–H and O–H groups in total. The van der Waals surface area contributed by atoms with Crippen molar-refractivity contribution in [2.45, 2.75) is 0 Å². The number of benzene rings is 1. The molecule has 2 rings (SSSR count). The van der Waals surface area contributed by atoms with Crippen molar-refractivity contribution in [3.63, 3.8) is 0 Å². The largest absolute Gasteiger partial charge is 0.311 e. The van der Waals surface area contributed by atoms with Gasteiger partial charge in [0.05, 0.1) is 10.2 Å². The van der Waals surface area contributed by atoms with Crippen LogP contribution < -0.4 is 5.32 Å². The van der Waals surface area contributed by atoms with Gasteiger partial charge in [0.2, 0.25) is 7.85 Å². The van der Waals surface area contributed by atoms with Crippen LogP contribution in [0.25, 0.3) is 10.2 Å². The third-order valence-corrected chi connectivity index (χ3v) is 2.53. The van der Waals surface area contributed by atoms with Crippen molar-refractivity contribution < 1.29 is 4.79 Å². The van der Waals surface area contributed by atoms with Crippen LogP contribution in [0.5, 0.6) is 0 Å². The SMILES string of the molecule is BC(=O)Nc1nc2ccccc2s1. The number of thiazole rings is 1. The number of carbonyl (C=O) groups excluding carboxylic acids is 1. The van der Waals surface area contributed by atoms with Crippen LogP contribution in [0.4, 0.5) is 9.93 Å². The molecule has 0 radical (unpaired) electrons. The molecule has 1 amide bonds. The first-order valence-corrected chi connectivity index (χ1v) is 4.70. The van der Waals surface area contributed by atoms with Gasteiger partial charge in [0, 0.05) is 0 Å². The van der Waals surface area contributed by atoms with Gasteiger partial charge < -0.3 is 5.32 Å². The molecule has 0 atom stereocenters. The number of carbonyl (C=O) groups is 1. The van der Waals surface area contributed by atoms with Crippen molar-refractivity contribution in [3.8, 4) is 0 Å². The summed E-state index contributed by atoms with van der Waals surface area (Å²) in [6.45, 7) is 0. The average Bonchev–Trinajstić information content (AvgIpc) is 2.44. The third-order valence-electron chi connectivity index (χ3n) is 1.58. The highest BCUT2D eigenvalue weighted by molar-refractivity contribution is 7.22. The fourth-order valence-electron chi connectivity index (χ4n) is 1.08. The molecule has 0 fully saturated rings. The monoisotopic (exact) mass is 190 g/mol. The second-order valence-corrected chi connectivity index (χ2v) is 3.70. The van der Waals surface area contributed by atoms with Crippen LogP contribution in [-0.2, 0) is 0 Å². The lowest BCUT2D eigenvalue weighted by Gasteiger charge is -1.91. The Morgan fingerprint density at radius 3 is 2.92 bits per heavy atom. The molecular weight excluding hydrogens is 183 g/mol. The Kier molecular flexibility index (Phi) is 2.02. The van der Waals surface area contributed by atoms with Crippen molar-refractivity contribution in [1.29, 1.82) is 0 Å². The molecule has 0 saturated heterocycles. The molecule has 0 saturated carbocycles. The maximum atomic E-state index is 10.7. The van der Waals surface area contributed by atoms with Gasteiger partial charge >= 0.3 is 0 Å². The van der Waals surface area contributed by atoms with Crippen molar-refractivity contribution in [1.82, 2.24) is 4.98 Å². The number of aromatic nitrogens is 1. The smallest absolute Gasteiger partial charge is 0.216 e. The van der Waals surface area contributed by atoms with E-state index in [1.54, 1.807) is 0 Å². The number of para-hydroxylation sites is 1. The maximum Gasteiger partial charge on any atom is 0.216 e. The van der Waals surface area contributed by atoms with E-state index in [1.165, 1.54) is 19.2 Å². The summed E-state index contributed by atoms with van der Waals surface area (Å²) in [6, 6.07) is 7.80. The zero-order valence-corrected chi connectivity index (χ0v) is 7.89. The van der Waals surface area contributed by atoms with Gasteiger partial charge in [-0.1, -0.05) is 23.5 Å². The molecule has 0 aliphatic carbocycles. The van der Waals surface area contributed by atoms with Gasteiger partial charge in [-0.15, -0.1) is 0 Å². The summed E-state index contributed by atoms with van der Waals surface area (Å²) in [6.07, 6.45) is 0. The highest BCUT2D eigenvalue weighted by atomic mass is 32.1. The molecule has 5 heteroatoms. The van der Waals surface area contributed by atoms with Gasteiger partial charge in [-0.25, -0.2) is 4.98 Å². The van der Waals surface area contributed by atoms with Gasteiger partial charge in [0.1, 0.15) is 0 Å². The van der Waals surface area contributed by atoms with Crippen LogP contribution in [0.3, 0.4) is 0 Å². The van der Waals surface area contributed by atoms with E-state index in [4.69, 9.17) is 0 Å². The van der Waals surface area contributed by atoms with E-state index in [-0.39, 0.29) is 5.81 Å². The van der Waals surface area contributed by atoms with E-state index in [9.17, 15) is 4.79 Å². The number of hydrogen-bond acceptors (Lipinski definition) is 3. The molecule has 64 valence electrons. The summed E-state index contributed by atoms with van der Waals surface area (Å²) in [5.41, 5.74) is 0.927. The molecule has 0 aliphatic rings. The average molecular weight is 190 g/mol. The first-order chi connectivity index (χ1) is 6.25. The Labute approximate surface area is 80.2 Å². The highest BCUT2D eigenvalue weighted by Crippen LogP contribution is 2.24. The van der Waals surface area contributed by atoms with Gasteiger partial charge in [0.25, 0.3) is 0 Å². The van der Waals surface area contributed by atoms with Gasteiger partial charge in [-0.05, 0) is 12.1 Å². The van der Waals surface area contributed by atoms with Crippen molar-refractivity contribution in [2.24, 2.45) is 0 Å². The van der Waals surface area contributed by atoms with Crippen molar-refractivity contribution >= 4 is 40.3 Å². The minimum atomic E-state index is -0.0842. The van der Waals surface area contributed by atoms with Gasteiger partial charge in [-0.3, -0.25) is 4.79 Å². The van der Waals surface area contributed by atoms with Crippen LogP contribution >= 0.6 is 11.3 Å². The molecule has 2 aromatic rings. The number of nitrogens with one attached hydrogen (secondary N) is 1. The Morgan fingerprint density at radius 2 is 2.23 bits per heavy atom. The number of amides is 1. The number of rotatable bonds is 1. The fraction of sp³-hybridized carbons (Fsp3) is 0. The van der Waals surface area contributed by atoms with Crippen LogP contribution in [0.1, 0.15) is 0 Å². The van der Waals surface area contributed by atoms with Gasteiger partial charge in [-0.2, -0.15) is 0 Å². The minimum absolute atomic E-state index is 0.0842. The van der Waals surface area contributed by atoms with Crippen LogP contribution in [0.2, 0.25) is 0 Å². The lowest BCUT2D eigenvalue weighted by Crippen LogP contribution is -2.07. The number of hydrogen-bond donors (Lipinski definition) is 1. The summed E-state index contributed by atoms with van der Waals surface area (Å²) in [5.74, 6) is -0.0842. The lowest BCUT2D eigenvalue weighted by atomic mass is 10.1. The minimum Gasteiger partial charge on any atom is -0.311 e. The summed E-state index contributed by atoms with van der Waals surface area (Å²) < 4.78 is 1.09. The number of fused-ring (bicyclic) bond motifs is 1. The molecular formula is C8H7BN2OS. The van der Waals surface area contributed by atoms with Crippen molar-refractivity contribution in [3.05, 3.63) is 24.3 Å². The van der Waals surface area contributed by atoms with Crippen LogP contribution in [-0.4, -0.2) is 18.6 Å². The molecule has 0 unspecified atom stereocenters. The number of anilines is 1. The van der Waals surface area contributed by atoms with E-state index in [2.05, 4.69) is 10.3 Å². The molecule has 13 heavy (non-hydrogen) atoms. The topological polar surface area (TPSA) is 42.0 Å². The third kappa shape index (κ3) is 1.70. The first kappa shape index (κ1) is 8.25. The van der Waals surface area contributed by atoms with E-state index in [0.717, 1.165) is 10.2 Å². The first-order valence-electron chi connectivity index (χ1n) is 3.89. The van der Waals surface area contributed by atoms with Crippen LogP contribution in [0.15, 0.2) is 24.3 Å². The van der Waals surface area contributed by atoms with Crippen molar-refractivity contribution in [2.75, 3.05) is 5.32 Å². The Bertz CT molecular complexity index is 421. The van der Waals surface area contributed by atoms with E-state index >= 15 is 0 Å². The summed E-state index contributed by atoms with van der Waals surface area (Å²) in [5, 5.41) is 3.32. The molecule has 0 bridgehead atoms. The predicted octanol–water partition coefficient (Wildman–Crippen LogP) is 1.46. The quantitative estimate of drug-likeness (QED) is 0.691. The summed E-state index contributed by atoms with van der Waals surface area (Å²) in [7, 11) is 1.48. The molecule has 0 spiro atoms. The number of nitrogens with zero attached hydrogens (tertiary/aromatic N) is 1. The predicted molar refractivity (Wildman–Crippen MR) is 57.2 cm³/mol. The lowest BCUT2D eigenvalue weighted by molar-refractivity contribution is 0.269. The highest BCUT2D eigenvalue weighted by Gasteiger charge is 2.02. The molecule has 3 nitrogen and oxygen atoms in total. The zero-order chi connectivity index (χ0) is 9.26. The Morgan fingerprint density at radius 1 is 1.46 bits per heavy atom. The standard InChI is InChI=1S/C8H7BN2OS/c9-7(12)11-8-10-5-3-1-2-4-6(5)13-8/h1-4H,9H2,(H,10,11,12). The second kappa shape index (κ2) is 3.18. The van der Waals surface area contributed by atoms with E-state index in [1.807, 2.05) is 24.3 Å². The molecule has 1 heterocycles. The van der Waals surface area contributed by atoms with Crippen LogP contribution in [0, 0.1) is 0 Å². The van der Waals surface area contributed by atoms with E-state index in [0.29, 0.717) is 5.13 Å². The normalized spacial score (nSPS) is 10.2. The zero-order valence-electron chi connectivity index (χ0n) is 7.07. The Hall–Kier alpha value is -1.36. The Balaban J connectivity index is 2.44. The van der Waals surface area contributed by atoms with Gasteiger partial charge in [0.15, 0.2) is 10.9 Å². The molecule has 0 aliphatic heterocycles.